The number of rotatable bonds is 9. The highest BCUT2D eigenvalue weighted by molar-refractivity contribution is 9.10. The Morgan fingerprint density at radius 3 is 1.54 bits per heavy atom. The molecule has 0 aliphatic carbocycles. The van der Waals surface area contributed by atoms with Crippen molar-refractivity contribution in [2.24, 2.45) is 11.8 Å². The second-order valence-corrected chi connectivity index (χ2v) is 6.67. The van der Waals surface area contributed by atoms with Crippen LogP contribution in [0.5, 0.6) is 0 Å². The van der Waals surface area contributed by atoms with Crippen molar-refractivity contribution in [2.75, 3.05) is 13.2 Å². The zero-order chi connectivity index (χ0) is 19.9. The van der Waals surface area contributed by atoms with Gasteiger partial charge in [0.25, 0.3) is 0 Å². The van der Waals surface area contributed by atoms with Crippen LogP contribution in [0.4, 0.5) is 0 Å². The molecule has 0 N–H and O–H groups in total. The average molecular weight is 427 g/mol. The third kappa shape index (κ3) is 5.49. The maximum atomic E-state index is 12.5. The highest BCUT2D eigenvalue weighted by atomic mass is 79.9. The van der Waals surface area contributed by atoms with Gasteiger partial charge < -0.3 is 9.47 Å². The lowest BCUT2D eigenvalue weighted by Gasteiger charge is -2.29. The summed E-state index contributed by atoms with van der Waals surface area (Å²) in [4.78, 5) is 49.5. The molecule has 0 aliphatic rings. The van der Waals surface area contributed by atoms with E-state index >= 15 is 0 Å². The first-order valence-corrected chi connectivity index (χ1v) is 9.13. The Bertz CT molecular complexity index is 631. The summed E-state index contributed by atoms with van der Waals surface area (Å²) in [7, 11) is 0. The predicted octanol–water partition coefficient (Wildman–Crippen LogP) is 3.07. The molecule has 2 atom stereocenters. The van der Waals surface area contributed by atoms with E-state index in [1.54, 1.807) is 38.1 Å². The van der Waals surface area contributed by atoms with E-state index in [1.165, 1.54) is 13.8 Å². The van der Waals surface area contributed by atoms with Crippen molar-refractivity contribution in [3.8, 4) is 0 Å². The molecular weight excluding hydrogens is 404 g/mol. The Balaban J connectivity index is 3.55. The molecule has 0 aliphatic heterocycles. The van der Waals surface area contributed by atoms with Crippen LogP contribution in [0.15, 0.2) is 28.7 Å². The molecule has 1 rings (SSSR count). The van der Waals surface area contributed by atoms with Gasteiger partial charge in [-0.1, -0.05) is 28.1 Å². The largest absolute Gasteiger partial charge is 0.465 e. The molecule has 0 amide bonds. The molecule has 0 heterocycles. The Hall–Kier alpha value is -2.02. The molecule has 7 heteroatoms. The maximum absolute atomic E-state index is 12.5. The lowest BCUT2D eigenvalue weighted by molar-refractivity contribution is -0.157. The fraction of sp³-hybridized carbons (Fsp3) is 0.474. The lowest BCUT2D eigenvalue weighted by Crippen LogP contribution is -2.40. The van der Waals surface area contributed by atoms with E-state index in [0.29, 0.717) is 5.56 Å². The van der Waals surface area contributed by atoms with Crippen molar-refractivity contribution in [3.05, 3.63) is 34.3 Å². The van der Waals surface area contributed by atoms with Gasteiger partial charge in [0.2, 0.25) is 0 Å². The van der Waals surface area contributed by atoms with Crippen LogP contribution < -0.4 is 0 Å². The minimum atomic E-state index is -1.28. The quantitative estimate of drug-likeness (QED) is 0.445. The van der Waals surface area contributed by atoms with Crippen molar-refractivity contribution in [1.82, 2.24) is 0 Å². The van der Waals surface area contributed by atoms with Gasteiger partial charge in [0.15, 0.2) is 0 Å². The number of hydrogen-bond donors (Lipinski definition) is 0. The molecule has 6 nitrogen and oxygen atoms in total. The molecule has 0 saturated heterocycles. The number of esters is 2. The fourth-order valence-corrected chi connectivity index (χ4v) is 3.12. The summed E-state index contributed by atoms with van der Waals surface area (Å²) in [6, 6.07) is 6.76. The number of ether oxygens (including phenoxy) is 2. The number of carbonyl (C=O) groups excluding carboxylic acids is 4. The van der Waals surface area contributed by atoms with Crippen LogP contribution >= 0.6 is 15.9 Å². The van der Waals surface area contributed by atoms with E-state index in [2.05, 4.69) is 15.9 Å². The third-order valence-electron chi connectivity index (χ3n) is 3.93. The number of carbonyl (C=O) groups is 4. The Morgan fingerprint density at radius 2 is 1.23 bits per heavy atom. The van der Waals surface area contributed by atoms with Gasteiger partial charge in [-0.3, -0.25) is 19.2 Å². The van der Waals surface area contributed by atoms with Crippen LogP contribution in [-0.4, -0.2) is 36.7 Å². The number of benzene rings is 1. The van der Waals surface area contributed by atoms with Gasteiger partial charge in [-0.05, 0) is 45.4 Å². The molecule has 1 aromatic carbocycles. The molecular formula is C19H23BrO6. The second-order valence-electron chi connectivity index (χ2n) is 5.76. The molecule has 0 radical (unpaired) electrons. The van der Waals surface area contributed by atoms with Crippen LogP contribution in [0.25, 0.3) is 0 Å². The molecule has 0 spiro atoms. The smallest absolute Gasteiger partial charge is 0.317 e. The molecule has 26 heavy (non-hydrogen) atoms. The van der Waals surface area contributed by atoms with E-state index in [0.717, 1.165) is 4.47 Å². The van der Waals surface area contributed by atoms with Crippen molar-refractivity contribution >= 4 is 39.4 Å². The lowest BCUT2D eigenvalue weighted by atomic mass is 9.73. The fourth-order valence-electron chi connectivity index (χ4n) is 2.86. The van der Waals surface area contributed by atoms with Crippen molar-refractivity contribution in [1.29, 1.82) is 0 Å². The molecule has 0 saturated carbocycles. The number of Topliss-reactive ketones (excluding diaryl/α,β-unsaturated/α-hetero) is 2. The minimum absolute atomic E-state index is 0.0832. The van der Waals surface area contributed by atoms with Crippen molar-refractivity contribution < 1.29 is 28.7 Å². The highest BCUT2D eigenvalue weighted by Gasteiger charge is 2.45. The standard InChI is InChI=1S/C19H23BrO6/c1-5-25-18(23)15(11(3)21)17(13-7-9-14(20)10-8-13)16(12(4)22)19(24)26-6-2/h7-10,15-17H,5-6H2,1-4H3. The summed E-state index contributed by atoms with van der Waals surface area (Å²) in [6.07, 6.45) is 0. The monoisotopic (exact) mass is 426 g/mol. The molecule has 0 fully saturated rings. The van der Waals surface area contributed by atoms with E-state index in [4.69, 9.17) is 9.47 Å². The summed E-state index contributed by atoms with van der Waals surface area (Å²) in [5.41, 5.74) is 0.509. The third-order valence-corrected chi connectivity index (χ3v) is 4.46. The first-order valence-electron chi connectivity index (χ1n) is 8.34. The summed E-state index contributed by atoms with van der Waals surface area (Å²) in [5, 5.41) is 0. The summed E-state index contributed by atoms with van der Waals surface area (Å²) in [5.74, 6) is -6.05. The first kappa shape index (κ1) is 22.0. The SMILES string of the molecule is CCOC(=O)C(C(C)=O)C(c1ccc(Br)cc1)C(C(C)=O)C(=O)OCC. The van der Waals surface area contributed by atoms with E-state index in [9.17, 15) is 19.2 Å². The Morgan fingerprint density at radius 1 is 0.846 bits per heavy atom. The average Bonchev–Trinajstić information content (AvgIpc) is 2.55. The minimum Gasteiger partial charge on any atom is -0.465 e. The Kier molecular flexibility index (Phi) is 8.65. The van der Waals surface area contributed by atoms with E-state index in [-0.39, 0.29) is 13.2 Å². The maximum Gasteiger partial charge on any atom is 0.317 e. The summed E-state index contributed by atoms with van der Waals surface area (Å²) >= 11 is 3.32. The van der Waals surface area contributed by atoms with E-state index < -0.39 is 41.3 Å². The Labute approximate surface area is 161 Å². The van der Waals surface area contributed by atoms with Crippen LogP contribution in [0, 0.1) is 11.8 Å². The van der Waals surface area contributed by atoms with Gasteiger partial charge in [0.1, 0.15) is 23.4 Å². The topological polar surface area (TPSA) is 86.7 Å². The van der Waals surface area contributed by atoms with Crippen LogP contribution in [-0.2, 0) is 28.7 Å². The van der Waals surface area contributed by atoms with Gasteiger partial charge in [-0.2, -0.15) is 0 Å². The van der Waals surface area contributed by atoms with E-state index in [1.807, 2.05) is 0 Å². The second kappa shape index (κ2) is 10.2. The molecule has 1 aromatic rings. The number of ketones is 2. The van der Waals surface area contributed by atoms with Gasteiger partial charge in [0, 0.05) is 10.4 Å². The van der Waals surface area contributed by atoms with Gasteiger partial charge in [-0.15, -0.1) is 0 Å². The number of hydrogen-bond acceptors (Lipinski definition) is 6. The first-order chi connectivity index (χ1) is 12.2. The summed E-state index contributed by atoms with van der Waals surface area (Å²) in [6.45, 7) is 5.90. The van der Waals surface area contributed by atoms with Gasteiger partial charge in [0.05, 0.1) is 13.2 Å². The van der Waals surface area contributed by atoms with Crippen molar-refractivity contribution in [3.63, 3.8) is 0 Å². The molecule has 142 valence electrons. The van der Waals surface area contributed by atoms with Crippen LogP contribution in [0.1, 0.15) is 39.2 Å². The van der Waals surface area contributed by atoms with Gasteiger partial charge in [-0.25, -0.2) is 0 Å². The summed E-state index contributed by atoms with van der Waals surface area (Å²) < 4.78 is 10.8. The normalized spacial score (nSPS) is 14.0. The molecule has 0 aromatic heterocycles. The molecule has 2 unspecified atom stereocenters. The van der Waals surface area contributed by atoms with Crippen LogP contribution in [0.2, 0.25) is 0 Å². The highest BCUT2D eigenvalue weighted by Crippen LogP contribution is 2.36. The van der Waals surface area contributed by atoms with Crippen molar-refractivity contribution in [2.45, 2.75) is 33.6 Å². The molecule has 0 bridgehead atoms. The van der Waals surface area contributed by atoms with Gasteiger partial charge >= 0.3 is 11.9 Å². The number of halogens is 1. The zero-order valence-electron chi connectivity index (χ0n) is 15.3. The predicted molar refractivity (Wildman–Crippen MR) is 98.5 cm³/mol. The van der Waals surface area contributed by atoms with Crippen LogP contribution in [0.3, 0.4) is 0 Å². The zero-order valence-corrected chi connectivity index (χ0v) is 16.9.